The molecular formula is C32H50N2O4S. The van der Waals surface area contributed by atoms with Crippen LogP contribution in [0.2, 0.25) is 0 Å². The summed E-state index contributed by atoms with van der Waals surface area (Å²) in [5, 5.41) is 11.2. The molecule has 1 aromatic carbocycles. The smallest absolute Gasteiger partial charge is 0.357 e. The Morgan fingerprint density at radius 1 is 1.10 bits per heavy atom. The summed E-state index contributed by atoms with van der Waals surface area (Å²) in [5.41, 5.74) is 2.79. The average Bonchev–Trinajstić information content (AvgIpc) is 3.21. The van der Waals surface area contributed by atoms with Crippen LogP contribution < -0.4 is 4.72 Å². The largest absolute Gasteiger partial charge is 0.393 e. The average molecular weight is 559 g/mol. The molecule has 5 rings (SSSR count). The summed E-state index contributed by atoms with van der Waals surface area (Å²) in [7, 11) is -4.31. The monoisotopic (exact) mass is 558 g/mol. The van der Waals surface area contributed by atoms with Gasteiger partial charge in [-0.2, -0.15) is 8.42 Å². The van der Waals surface area contributed by atoms with Gasteiger partial charge in [-0.05, 0) is 129 Å². The molecule has 0 aromatic heterocycles. The van der Waals surface area contributed by atoms with E-state index in [1.807, 2.05) is 6.07 Å². The highest BCUT2D eigenvalue weighted by Crippen LogP contribution is 2.69. The Balaban J connectivity index is 1.30. The van der Waals surface area contributed by atoms with Gasteiger partial charge in [0.1, 0.15) is 0 Å². The van der Waals surface area contributed by atoms with Crippen molar-refractivity contribution in [3.63, 3.8) is 0 Å². The number of anilines is 1. The number of allylic oxidation sites excluding steroid dienone is 1. The third-order valence-electron chi connectivity index (χ3n) is 11.1. The summed E-state index contributed by atoms with van der Waals surface area (Å²) in [6.07, 6.45) is 18.4. The second kappa shape index (κ2) is 11.8. The van der Waals surface area contributed by atoms with Gasteiger partial charge in [0.2, 0.25) is 0 Å². The topological polar surface area (TPSA) is 89.9 Å². The number of fused-ring (bicyclic) bond motifs is 5. The van der Waals surface area contributed by atoms with E-state index in [1.165, 1.54) is 82.1 Å². The number of rotatable bonds is 11. The molecule has 39 heavy (non-hydrogen) atoms. The number of nitrogens with one attached hydrogen (secondary N) is 1. The van der Waals surface area contributed by atoms with Crippen molar-refractivity contribution >= 4 is 16.0 Å². The molecular weight excluding hydrogens is 508 g/mol. The van der Waals surface area contributed by atoms with Crippen molar-refractivity contribution in [2.45, 2.75) is 109 Å². The molecule has 4 aliphatic rings. The molecule has 0 amide bonds. The fraction of sp³-hybridized carbons (Fsp3) is 0.750. The van der Waals surface area contributed by atoms with Crippen LogP contribution >= 0.6 is 0 Å². The van der Waals surface area contributed by atoms with E-state index in [9.17, 15) is 18.1 Å². The third kappa shape index (κ3) is 5.98. The minimum Gasteiger partial charge on any atom is -0.393 e. The van der Waals surface area contributed by atoms with Gasteiger partial charge in [0, 0.05) is 0 Å². The zero-order valence-electron chi connectivity index (χ0n) is 23.9. The van der Waals surface area contributed by atoms with Gasteiger partial charge in [0.25, 0.3) is 0 Å². The number of hydrogen-bond donors (Lipinski definition) is 3. The molecule has 218 valence electrons. The van der Waals surface area contributed by atoms with Crippen LogP contribution in [0.4, 0.5) is 5.69 Å². The maximum absolute atomic E-state index is 11.4. The first-order chi connectivity index (χ1) is 18.7. The van der Waals surface area contributed by atoms with Gasteiger partial charge >= 0.3 is 10.3 Å². The quantitative estimate of drug-likeness (QED) is 0.159. The first kappa shape index (κ1) is 29.1. The molecule has 7 heteroatoms. The van der Waals surface area contributed by atoms with Crippen molar-refractivity contribution in [3.05, 3.63) is 42.0 Å². The molecule has 1 aliphatic heterocycles. The van der Waals surface area contributed by atoms with Gasteiger partial charge in [-0.25, -0.2) is 0 Å². The van der Waals surface area contributed by atoms with E-state index < -0.39 is 10.3 Å². The molecule has 6 nitrogen and oxygen atoms in total. The van der Waals surface area contributed by atoms with Crippen LogP contribution in [0.25, 0.3) is 0 Å². The predicted molar refractivity (Wildman–Crippen MR) is 158 cm³/mol. The second-order valence-electron chi connectivity index (χ2n) is 13.4. The van der Waals surface area contributed by atoms with Gasteiger partial charge in [0.15, 0.2) is 0 Å². The number of piperidine rings is 1. The standard InChI is InChI=1S/C32H50N2O4S/c1-3-32-18-17-24-22-26(33-39(36,37)38)13-14-27(24)30(32)25(23-31(2)28(32)15-16-29(31)35)12-8-5-4-6-9-19-34-20-10-7-11-21-34/h3,13-14,22,25,28-30,33,35H,1,4-12,15-21,23H2,2H3,(H,36,37,38)/t25-,28?,29-,30?,31-,32?/m0/s1. The molecule has 3 aliphatic carbocycles. The number of hydrogen-bond acceptors (Lipinski definition) is 4. The molecule has 0 spiro atoms. The zero-order chi connectivity index (χ0) is 27.7. The van der Waals surface area contributed by atoms with Crippen LogP contribution in [0.15, 0.2) is 30.9 Å². The van der Waals surface area contributed by atoms with E-state index in [2.05, 4.69) is 35.3 Å². The fourth-order valence-corrected chi connectivity index (χ4v) is 9.80. The Morgan fingerprint density at radius 3 is 2.59 bits per heavy atom. The summed E-state index contributed by atoms with van der Waals surface area (Å²) in [5.74, 6) is 1.21. The molecule has 3 fully saturated rings. The van der Waals surface area contributed by atoms with Crippen molar-refractivity contribution in [1.29, 1.82) is 0 Å². The molecule has 3 N–H and O–H groups in total. The minimum atomic E-state index is -4.31. The summed E-state index contributed by atoms with van der Waals surface area (Å²) in [4.78, 5) is 2.64. The molecule has 1 heterocycles. The molecule has 1 saturated heterocycles. The Labute approximate surface area is 236 Å². The first-order valence-electron chi connectivity index (χ1n) is 15.6. The number of aryl methyl sites for hydroxylation is 1. The van der Waals surface area contributed by atoms with E-state index in [0.717, 1.165) is 38.5 Å². The van der Waals surface area contributed by atoms with Crippen LogP contribution in [0.5, 0.6) is 0 Å². The van der Waals surface area contributed by atoms with Crippen LogP contribution in [0.1, 0.15) is 107 Å². The predicted octanol–water partition coefficient (Wildman–Crippen LogP) is 6.73. The summed E-state index contributed by atoms with van der Waals surface area (Å²) < 4.78 is 34.4. The lowest BCUT2D eigenvalue weighted by Gasteiger charge is -2.60. The lowest BCUT2D eigenvalue weighted by atomic mass is 9.44. The summed E-state index contributed by atoms with van der Waals surface area (Å²) in [6.45, 7) is 10.6. The maximum atomic E-state index is 11.4. The highest BCUT2D eigenvalue weighted by molar-refractivity contribution is 7.87. The number of aliphatic hydroxyl groups is 1. The molecule has 0 radical (unpaired) electrons. The number of nitrogens with zero attached hydrogens (tertiary/aromatic N) is 1. The fourth-order valence-electron chi connectivity index (χ4n) is 9.37. The molecule has 1 aromatic rings. The van der Waals surface area contributed by atoms with Crippen molar-refractivity contribution in [2.75, 3.05) is 24.4 Å². The van der Waals surface area contributed by atoms with Crippen molar-refractivity contribution in [2.24, 2.45) is 22.7 Å². The van der Waals surface area contributed by atoms with Gasteiger partial charge in [-0.15, -0.1) is 6.58 Å². The van der Waals surface area contributed by atoms with E-state index in [1.54, 1.807) is 6.07 Å². The third-order valence-corrected chi connectivity index (χ3v) is 11.6. The molecule has 6 atom stereocenters. The van der Waals surface area contributed by atoms with Crippen LogP contribution in [0, 0.1) is 22.7 Å². The summed E-state index contributed by atoms with van der Waals surface area (Å²) >= 11 is 0. The SMILES string of the molecule is C=CC12CCc3cc(NS(=O)(=O)O)ccc3C1[C@@H](CCCCCCCN1CCCCC1)C[C@@]1(C)C2CC[C@@H]1O. The van der Waals surface area contributed by atoms with E-state index in [-0.39, 0.29) is 16.9 Å². The Bertz CT molecular complexity index is 1120. The van der Waals surface area contributed by atoms with Gasteiger partial charge in [-0.1, -0.05) is 51.2 Å². The van der Waals surface area contributed by atoms with Crippen LogP contribution in [0.3, 0.4) is 0 Å². The van der Waals surface area contributed by atoms with Gasteiger partial charge in [0.05, 0.1) is 11.8 Å². The van der Waals surface area contributed by atoms with Crippen LogP contribution in [-0.2, 0) is 16.7 Å². The number of aliphatic hydroxyl groups excluding tert-OH is 1. The number of likely N-dealkylation sites (tertiary alicyclic amines) is 1. The van der Waals surface area contributed by atoms with E-state index in [4.69, 9.17) is 0 Å². The second-order valence-corrected chi connectivity index (χ2v) is 14.5. The van der Waals surface area contributed by atoms with Gasteiger partial charge in [-0.3, -0.25) is 9.27 Å². The lowest BCUT2D eigenvalue weighted by Crippen LogP contribution is -2.54. The zero-order valence-corrected chi connectivity index (χ0v) is 24.7. The maximum Gasteiger partial charge on any atom is 0.357 e. The summed E-state index contributed by atoms with van der Waals surface area (Å²) in [6, 6.07) is 5.79. The lowest BCUT2D eigenvalue weighted by molar-refractivity contribution is -0.0812. The molecule has 0 bridgehead atoms. The normalized spacial score (nSPS) is 34.6. The highest BCUT2D eigenvalue weighted by Gasteiger charge is 2.63. The van der Waals surface area contributed by atoms with E-state index in [0.29, 0.717) is 23.4 Å². The first-order valence-corrected chi connectivity index (χ1v) is 17.0. The molecule has 3 unspecified atom stereocenters. The Kier molecular flexibility index (Phi) is 8.83. The number of benzene rings is 1. The van der Waals surface area contributed by atoms with Crippen LogP contribution in [-0.4, -0.2) is 48.7 Å². The van der Waals surface area contributed by atoms with Crippen molar-refractivity contribution in [3.8, 4) is 0 Å². The Morgan fingerprint density at radius 2 is 1.85 bits per heavy atom. The highest BCUT2D eigenvalue weighted by atomic mass is 32.2. The van der Waals surface area contributed by atoms with Gasteiger partial charge < -0.3 is 10.0 Å². The number of unbranched alkanes of at least 4 members (excludes halogenated alkanes) is 4. The van der Waals surface area contributed by atoms with Crippen molar-refractivity contribution < 1.29 is 18.1 Å². The minimum absolute atomic E-state index is 0.0470. The Hall–Kier alpha value is -1.41. The van der Waals surface area contributed by atoms with E-state index >= 15 is 0 Å². The molecule has 2 saturated carbocycles. The van der Waals surface area contributed by atoms with Crippen molar-refractivity contribution in [1.82, 2.24) is 4.90 Å².